The molecule has 0 unspecified atom stereocenters. The smallest absolute Gasteiger partial charge is 0.403 e. The molecular weight excluding hydrogens is 399 g/mol. The summed E-state index contributed by atoms with van der Waals surface area (Å²) in [5.74, 6) is 0.595. The number of aliphatic imine (C=N–C) groups is 1. The molecule has 0 N–H and O–H groups in total. The molecule has 2 aromatic carbocycles. The van der Waals surface area contributed by atoms with Gasteiger partial charge in [0.05, 0.1) is 19.9 Å². The summed E-state index contributed by atoms with van der Waals surface area (Å²) in [5.41, 5.74) is -1.15. The number of halogens is 4. The number of methoxy groups -OCH3 is 2. The van der Waals surface area contributed by atoms with Crippen molar-refractivity contribution in [3.63, 3.8) is 0 Å². The van der Waals surface area contributed by atoms with Crippen LogP contribution in [-0.4, -0.2) is 26.6 Å². The van der Waals surface area contributed by atoms with Crippen molar-refractivity contribution in [1.82, 2.24) is 0 Å². The second-order valence-electron chi connectivity index (χ2n) is 5.78. The molecule has 2 aromatic rings. The van der Waals surface area contributed by atoms with E-state index in [4.69, 9.17) is 9.47 Å². The number of benzene rings is 2. The molecule has 3 rings (SSSR count). The number of fused-ring (bicyclic) bond motifs is 1. The first-order valence-corrected chi connectivity index (χ1v) is 8.22. The fourth-order valence-electron chi connectivity index (χ4n) is 2.93. The average Bonchev–Trinajstić information content (AvgIpc) is 2.59. The number of ether oxygens (including phenoxy) is 2. The lowest BCUT2D eigenvalue weighted by Crippen LogP contribution is -2.47. The third-order valence-electron chi connectivity index (χ3n) is 4.31. The predicted molar refractivity (Wildman–Crippen MR) is 93.3 cm³/mol. The number of hydrogen-bond acceptors (Lipinski definition) is 3. The summed E-state index contributed by atoms with van der Waals surface area (Å²) >= 11 is 3.31. The maximum Gasteiger partial charge on any atom is 0.403 e. The summed E-state index contributed by atoms with van der Waals surface area (Å²) in [6, 6.07) is 9.42. The van der Waals surface area contributed by atoms with E-state index in [0.29, 0.717) is 27.2 Å². The van der Waals surface area contributed by atoms with Crippen molar-refractivity contribution >= 4 is 27.8 Å². The number of nitrogens with zero attached hydrogens (tertiary/aromatic N) is 1. The van der Waals surface area contributed by atoms with Crippen LogP contribution in [0.5, 0.6) is 11.5 Å². The van der Waals surface area contributed by atoms with Crippen molar-refractivity contribution in [2.24, 2.45) is 4.99 Å². The highest BCUT2D eigenvalue weighted by atomic mass is 79.9. The fourth-order valence-corrected chi connectivity index (χ4v) is 3.33. The first kappa shape index (κ1) is 17.8. The summed E-state index contributed by atoms with van der Waals surface area (Å²) in [4.78, 5) is 4.09. The Morgan fingerprint density at radius 1 is 1.04 bits per heavy atom. The molecule has 0 saturated carbocycles. The summed E-state index contributed by atoms with van der Waals surface area (Å²) in [7, 11) is 2.81. The molecule has 1 aliphatic rings. The summed E-state index contributed by atoms with van der Waals surface area (Å²) in [6.45, 7) is 0. The van der Waals surface area contributed by atoms with Crippen LogP contribution >= 0.6 is 15.9 Å². The Labute approximate surface area is 151 Å². The number of hydrogen-bond donors (Lipinski definition) is 0. The predicted octanol–water partition coefficient (Wildman–Crippen LogP) is 5.23. The Bertz CT molecular complexity index is 813. The zero-order valence-electron chi connectivity index (χ0n) is 13.5. The third kappa shape index (κ3) is 3.13. The quantitative estimate of drug-likeness (QED) is 0.689. The van der Waals surface area contributed by atoms with Crippen molar-refractivity contribution < 1.29 is 22.6 Å². The molecule has 25 heavy (non-hydrogen) atoms. The van der Waals surface area contributed by atoms with Gasteiger partial charge in [-0.3, -0.25) is 4.99 Å². The Hall–Kier alpha value is -2.02. The van der Waals surface area contributed by atoms with Crippen molar-refractivity contribution in [2.75, 3.05) is 14.2 Å². The normalized spacial score (nSPS) is 19.4. The van der Waals surface area contributed by atoms with Gasteiger partial charge in [0.15, 0.2) is 0 Å². The maximum atomic E-state index is 14.2. The van der Waals surface area contributed by atoms with Gasteiger partial charge in [0.25, 0.3) is 0 Å². The van der Waals surface area contributed by atoms with Crippen molar-refractivity contribution in [3.8, 4) is 11.5 Å². The van der Waals surface area contributed by atoms with Gasteiger partial charge in [0.2, 0.25) is 0 Å². The minimum Gasteiger partial charge on any atom is -0.497 e. The third-order valence-corrected chi connectivity index (χ3v) is 4.80. The monoisotopic (exact) mass is 413 g/mol. The lowest BCUT2D eigenvalue weighted by Gasteiger charge is -2.36. The molecule has 0 amide bonds. The molecule has 0 aliphatic carbocycles. The van der Waals surface area contributed by atoms with Crippen LogP contribution in [0.3, 0.4) is 0 Å². The van der Waals surface area contributed by atoms with Gasteiger partial charge in [-0.2, -0.15) is 13.2 Å². The van der Waals surface area contributed by atoms with E-state index in [1.54, 1.807) is 18.2 Å². The molecule has 132 valence electrons. The highest BCUT2D eigenvalue weighted by molar-refractivity contribution is 9.10. The molecule has 1 heterocycles. The van der Waals surface area contributed by atoms with Gasteiger partial charge < -0.3 is 9.47 Å². The van der Waals surface area contributed by atoms with E-state index in [2.05, 4.69) is 20.9 Å². The van der Waals surface area contributed by atoms with Gasteiger partial charge in [-0.15, -0.1) is 0 Å². The van der Waals surface area contributed by atoms with E-state index < -0.39 is 11.6 Å². The summed E-state index contributed by atoms with van der Waals surface area (Å²) in [6.07, 6.45) is -3.80. The van der Waals surface area contributed by atoms with E-state index in [0.717, 1.165) is 6.21 Å². The minimum atomic E-state index is -4.53. The van der Waals surface area contributed by atoms with Crippen molar-refractivity contribution in [1.29, 1.82) is 0 Å². The number of alkyl halides is 3. The molecule has 7 heteroatoms. The summed E-state index contributed by atoms with van der Waals surface area (Å²) in [5, 5.41) is 0. The van der Waals surface area contributed by atoms with Crippen molar-refractivity contribution in [2.45, 2.75) is 18.0 Å². The van der Waals surface area contributed by atoms with Crippen LogP contribution in [0.2, 0.25) is 0 Å². The molecule has 3 nitrogen and oxygen atoms in total. The van der Waals surface area contributed by atoms with E-state index >= 15 is 0 Å². The SMILES string of the molecule is COc1cc(OC)cc([C@@]2(C(F)(F)F)C=Nc3ccc(Br)cc3C2)c1. The van der Waals surface area contributed by atoms with E-state index in [1.165, 1.54) is 32.4 Å². The van der Waals surface area contributed by atoms with Crippen LogP contribution in [0.4, 0.5) is 18.9 Å². The largest absolute Gasteiger partial charge is 0.497 e. The van der Waals surface area contributed by atoms with Crippen LogP contribution in [0.25, 0.3) is 0 Å². The average molecular weight is 414 g/mol. The lowest BCUT2D eigenvalue weighted by molar-refractivity contribution is -0.168. The molecule has 1 aliphatic heterocycles. The van der Waals surface area contributed by atoms with Crippen LogP contribution in [0, 0.1) is 0 Å². The first-order valence-electron chi connectivity index (χ1n) is 7.43. The molecule has 0 spiro atoms. The maximum absolute atomic E-state index is 14.2. The molecule has 0 radical (unpaired) electrons. The molecule has 0 aromatic heterocycles. The fraction of sp³-hybridized carbons (Fsp3) is 0.278. The summed E-state index contributed by atoms with van der Waals surface area (Å²) < 4.78 is 53.5. The Kier molecular flexibility index (Phi) is 4.53. The molecule has 0 bridgehead atoms. The van der Waals surface area contributed by atoms with Gasteiger partial charge >= 0.3 is 6.18 Å². The Morgan fingerprint density at radius 2 is 1.68 bits per heavy atom. The van der Waals surface area contributed by atoms with Gasteiger partial charge in [0.1, 0.15) is 16.9 Å². The van der Waals surface area contributed by atoms with Crippen LogP contribution in [0.15, 0.2) is 45.9 Å². The topological polar surface area (TPSA) is 30.8 Å². The second kappa shape index (κ2) is 6.37. The van der Waals surface area contributed by atoms with Crippen LogP contribution < -0.4 is 9.47 Å². The number of rotatable bonds is 3. The highest BCUT2D eigenvalue weighted by Gasteiger charge is 2.56. The zero-order valence-corrected chi connectivity index (χ0v) is 15.1. The van der Waals surface area contributed by atoms with E-state index in [9.17, 15) is 13.2 Å². The lowest BCUT2D eigenvalue weighted by atomic mass is 9.74. The van der Waals surface area contributed by atoms with E-state index in [1.807, 2.05) is 0 Å². The minimum absolute atomic E-state index is 0.0329. The van der Waals surface area contributed by atoms with Gasteiger partial charge in [-0.1, -0.05) is 15.9 Å². The van der Waals surface area contributed by atoms with Gasteiger partial charge in [0, 0.05) is 16.8 Å². The second-order valence-corrected chi connectivity index (χ2v) is 6.69. The highest BCUT2D eigenvalue weighted by Crippen LogP contribution is 2.48. The molecule has 1 atom stereocenters. The molecule has 0 saturated heterocycles. The standard InChI is InChI=1S/C18H15BrF3NO2/c1-24-14-6-12(7-15(8-14)25-2)17(18(20,21)22)9-11-5-13(19)3-4-16(11)23-10-17/h3-8,10H,9H2,1-2H3/t17-/m0/s1. The van der Waals surface area contributed by atoms with Crippen LogP contribution in [-0.2, 0) is 11.8 Å². The molecular formula is C18H15BrF3NO2. The Balaban J connectivity index is 2.21. The first-order chi connectivity index (χ1) is 11.8. The zero-order chi connectivity index (χ0) is 18.2. The van der Waals surface area contributed by atoms with E-state index in [-0.39, 0.29) is 12.0 Å². The van der Waals surface area contributed by atoms with Crippen molar-refractivity contribution in [3.05, 3.63) is 52.0 Å². The van der Waals surface area contributed by atoms with Gasteiger partial charge in [-0.25, -0.2) is 0 Å². The van der Waals surface area contributed by atoms with Gasteiger partial charge in [-0.05, 0) is 47.9 Å². The Morgan fingerprint density at radius 3 is 2.24 bits per heavy atom. The van der Waals surface area contributed by atoms with Crippen LogP contribution in [0.1, 0.15) is 11.1 Å². The molecule has 0 fully saturated rings.